The Morgan fingerprint density at radius 3 is 2.87 bits per heavy atom. The Hall–Kier alpha value is -2.12. The number of hydrogen-bond acceptors (Lipinski definition) is 5. The molecule has 0 spiro atoms. The second-order valence-electron chi connectivity index (χ2n) is 5.21. The van der Waals surface area contributed by atoms with Gasteiger partial charge >= 0.3 is 0 Å². The molecule has 0 radical (unpaired) electrons. The Bertz CT molecular complexity index is 561. The first kappa shape index (κ1) is 17.2. The fraction of sp³-hybridized carbons (Fsp3) is 0.500. The van der Waals surface area contributed by atoms with E-state index in [0.29, 0.717) is 38.4 Å². The summed E-state index contributed by atoms with van der Waals surface area (Å²) < 4.78 is 15.4. The number of carbonyl (C=O) groups is 2. The van der Waals surface area contributed by atoms with Crippen LogP contribution in [-0.4, -0.2) is 57.3 Å². The predicted molar refractivity (Wildman–Crippen MR) is 84.4 cm³/mol. The van der Waals surface area contributed by atoms with E-state index in [1.165, 1.54) is 7.11 Å². The van der Waals surface area contributed by atoms with Crippen molar-refractivity contribution >= 4 is 17.5 Å². The van der Waals surface area contributed by atoms with Gasteiger partial charge in [0.25, 0.3) is 0 Å². The lowest BCUT2D eigenvalue weighted by molar-refractivity contribution is -0.132. The molecule has 1 aromatic carbocycles. The maximum Gasteiger partial charge on any atom is 0.250 e. The number of benzene rings is 1. The number of rotatable bonds is 6. The lowest BCUT2D eigenvalue weighted by atomic mass is 10.1. The van der Waals surface area contributed by atoms with Crippen LogP contribution in [0.25, 0.3) is 0 Å². The fourth-order valence-corrected chi connectivity index (χ4v) is 2.36. The van der Waals surface area contributed by atoms with Crippen molar-refractivity contribution in [3.8, 4) is 5.75 Å². The lowest BCUT2D eigenvalue weighted by Gasteiger charge is -2.19. The predicted octanol–water partition coefficient (Wildman–Crippen LogP) is 1.03. The molecule has 0 saturated carbocycles. The molecule has 0 fully saturated rings. The Kier molecular flexibility index (Phi) is 6.37. The van der Waals surface area contributed by atoms with Crippen molar-refractivity contribution in [1.82, 2.24) is 4.90 Å². The number of methoxy groups -OCH3 is 2. The average Bonchev–Trinajstić information content (AvgIpc) is 2.74. The largest absolute Gasteiger partial charge is 0.491 e. The summed E-state index contributed by atoms with van der Waals surface area (Å²) >= 11 is 0. The first-order valence-corrected chi connectivity index (χ1v) is 7.45. The van der Waals surface area contributed by atoms with Crippen LogP contribution in [0.3, 0.4) is 0 Å². The molecule has 0 aliphatic carbocycles. The maximum absolute atomic E-state index is 12.2. The van der Waals surface area contributed by atoms with E-state index in [2.05, 4.69) is 5.32 Å². The van der Waals surface area contributed by atoms with Gasteiger partial charge in [-0.3, -0.25) is 9.59 Å². The van der Waals surface area contributed by atoms with Crippen LogP contribution in [0.4, 0.5) is 5.69 Å². The summed E-state index contributed by atoms with van der Waals surface area (Å²) in [6, 6.07) is 5.40. The quantitative estimate of drug-likeness (QED) is 0.846. The molecule has 7 heteroatoms. The van der Waals surface area contributed by atoms with E-state index < -0.39 is 0 Å². The first-order valence-electron chi connectivity index (χ1n) is 7.45. The van der Waals surface area contributed by atoms with Crippen molar-refractivity contribution in [2.24, 2.45) is 0 Å². The number of anilines is 1. The van der Waals surface area contributed by atoms with Gasteiger partial charge in [-0.25, -0.2) is 0 Å². The number of nitrogens with zero attached hydrogens (tertiary/aromatic N) is 1. The second kappa shape index (κ2) is 8.50. The van der Waals surface area contributed by atoms with Crippen LogP contribution in [0.5, 0.6) is 5.75 Å². The number of ether oxygens (including phenoxy) is 3. The van der Waals surface area contributed by atoms with E-state index in [1.807, 2.05) is 6.07 Å². The fourth-order valence-electron chi connectivity index (χ4n) is 2.36. The van der Waals surface area contributed by atoms with Gasteiger partial charge in [-0.1, -0.05) is 0 Å². The zero-order chi connectivity index (χ0) is 16.7. The highest BCUT2D eigenvalue weighted by atomic mass is 16.5. The number of fused-ring (bicyclic) bond motifs is 1. The molecule has 0 atom stereocenters. The number of hydrogen-bond donors (Lipinski definition) is 1. The molecule has 1 aliphatic heterocycles. The van der Waals surface area contributed by atoms with Gasteiger partial charge in [0.2, 0.25) is 11.8 Å². The van der Waals surface area contributed by atoms with E-state index >= 15 is 0 Å². The molecule has 0 bridgehead atoms. The summed E-state index contributed by atoms with van der Waals surface area (Å²) in [6.07, 6.45) is 0.343. The van der Waals surface area contributed by atoms with Crippen molar-refractivity contribution in [3.05, 3.63) is 23.8 Å². The third-order valence-electron chi connectivity index (χ3n) is 3.47. The molecule has 0 saturated heterocycles. The van der Waals surface area contributed by atoms with Gasteiger partial charge < -0.3 is 24.4 Å². The standard InChI is InChI=1S/C16H22N2O5/c1-21-7-5-16(20)18-6-8-23-14-4-3-13(9-12(14)10-18)17-15(19)11-22-2/h3-4,9H,5-8,10-11H2,1-2H3,(H,17,19). The summed E-state index contributed by atoms with van der Waals surface area (Å²) in [4.78, 5) is 25.5. The van der Waals surface area contributed by atoms with Crippen molar-refractivity contribution < 1.29 is 23.8 Å². The van der Waals surface area contributed by atoms with Gasteiger partial charge in [-0.15, -0.1) is 0 Å². The molecular formula is C16H22N2O5. The summed E-state index contributed by atoms with van der Waals surface area (Å²) in [5.41, 5.74) is 1.52. The summed E-state index contributed by atoms with van der Waals surface area (Å²) in [5.74, 6) is 0.531. The van der Waals surface area contributed by atoms with Gasteiger partial charge in [0, 0.05) is 32.0 Å². The molecular weight excluding hydrogens is 300 g/mol. The van der Waals surface area contributed by atoms with Gasteiger partial charge in [-0.05, 0) is 18.2 Å². The lowest BCUT2D eigenvalue weighted by Crippen LogP contribution is -2.33. The van der Waals surface area contributed by atoms with E-state index in [0.717, 1.165) is 11.3 Å². The van der Waals surface area contributed by atoms with Crippen LogP contribution in [0, 0.1) is 0 Å². The first-order chi connectivity index (χ1) is 11.1. The Balaban J connectivity index is 2.09. The van der Waals surface area contributed by atoms with Gasteiger partial charge in [0.05, 0.1) is 19.6 Å². The Morgan fingerprint density at radius 2 is 2.13 bits per heavy atom. The van der Waals surface area contributed by atoms with Crippen molar-refractivity contribution in [2.45, 2.75) is 13.0 Å². The molecule has 23 heavy (non-hydrogen) atoms. The van der Waals surface area contributed by atoms with Crippen LogP contribution >= 0.6 is 0 Å². The zero-order valence-corrected chi connectivity index (χ0v) is 13.5. The highest BCUT2D eigenvalue weighted by Crippen LogP contribution is 2.26. The Labute approximate surface area is 135 Å². The van der Waals surface area contributed by atoms with Crippen molar-refractivity contribution in [2.75, 3.05) is 45.9 Å². The third kappa shape index (κ3) is 4.94. The SMILES string of the molecule is COCCC(=O)N1CCOc2ccc(NC(=O)COC)cc2C1. The van der Waals surface area contributed by atoms with Crippen LogP contribution in [0.2, 0.25) is 0 Å². The van der Waals surface area contributed by atoms with E-state index in [4.69, 9.17) is 14.2 Å². The summed E-state index contributed by atoms with van der Waals surface area (Å²) in [6.45, 7) is 1.82. The molecule has 1 N–H and O–H groups in total. The number of amides is 2. The topological polar surface area (TPSA) is 77.1 Å². The summed E-state index contributed by atoms with van der Waals surface area (Å²) in [7, 11) is 3.04. The molecule has 126 valence electrons. The van der Waals surface area contributed by atoms with E-state index in [1.54, 1.807) is 24.1 Å². The van der Waals surface area contributed by atoms with E-state index in [9.17, 15) is 9.59 Å². The molecule has 1 aliphatic rings. The van der Waals surface area contributed by atoms with Crippen LogP contribution in [-0.2, 0) is 25.6 Å². The molecule has 1 heterocycles. The minimum atomic E-state index is -0.227. The molecule has 2 rings (SSSR count). The monoisotopic (exact) mass is 322 g/mol. The van der Waals surface area contributed by atoms with Crippen molar-refractivity contribution in [1.29, 1.82) is 0 Å². The second-order valence-corrected chi connectivity index (χ2v) is 5.21. The van der Waals surface area contributed by atoms with Crippen LogP contribution < -0.4 is 10.1 Å². The third-order valence-corrected chi connectivity index (χ3v) is 3.47. The van der Waals surface area contributed by atoms with Gasteiger partial charge in [0.15, 0.2) is 0 Å². The average molecular weight is 322 g/mol. The highest BCUT2D eigenvalue weighted by molar-refractivity contribution is 5.91. The number of nitrogens with one attached hydrogen (secondary N) is 1. The molecule has 2 amide bonds. The number of carbonyl (C=O) groups excluding carboxylic acids is 2. The van der Waals surface area contributed by atoms with E-state index in [-0.39, 0.29) is 18.4 Å². The minimum Gasteiger partial charge on any atom is -0.491 e. The zero-order valence-electron chi connectivity index (χ0n) is 13.5. The van der Waals surface area contributed by atoms with Gasteiger partial charge in [0.1, 0.15) is 19.0 Å². The van der Waals surface area contributed by atoms with Crippen LogP contribution in [0.1, 0.15) is 12.0 Å². The highest BCUT2D eigenvalue weighted by Gasteiger charge is 2.20. The molecule has 0 unspecified atom stereocenters. The Morgan fingerprint density at radius 1 is 1.30 bits per heavy atom. The molecule has 0 aromatic heterocycles. The molecule has 1 aromatic rings. The smallest absolute Gasteiger partial charge is 0.250 e. The van der Waals surface area contributed by atoms with Gasteiger partial charge in [-0.2, -0.15) is 0 Å². The van der Waals surface area contributed by atoms with Crippen molar-refractivity contribution in [3.63, 3.8) is 0 Å². The molecule has 7 nitrogen and oxygen atoms in total. The normalized spacial score (nSPS) is 13.7. The maximum atomic E-state index is 12.2. The summed E-state index contributed by atoms with van der Waals surface area (Å²) in [5, 5.41) is 2.75. The van der Waals surface area contributed by atoms with Crippen LogP contribution in [0.15, 0.2) is 18.2 Å². The minimum absolute atomic E-state index is 0.00475.